The van der Waals surface area contributed by atoms with Gasteiger partial charge in [0.15, 0.2) is 0 Å². The molecule has 6 heteroatoms. The molecule has 2 rings (SSSR count). The Balaban J connectivity index is 2.08. The lowest BCUT2D eigenvalue weighted by Gasteiger charge is -2.33. The molecule has 94 valence electrons. The number of imidazole rings is 1. The van der Waals surface area contributed by atoms with Gasteiger partial charge < -0.3 is 15.0 Å². The maximum Gasteiger partial charge on any atom is 0.322 e. The van der Waals surface area contributed by atoms with Crippen molar-refractivity contribution < 1.29 is 9.90 Å². The lowest BCUT2D eigenvalue weighted by Crippen LogP contribution is -2.54. The number of hydrogen-bond donors (Lipinski definition) is 2. The quantitative estimate of drug-likeness (QED) is 0.757. The van der Waals surface area contributed by atoms with Gasteiger partial charge in [0.2, 0.25) is 0 Å². The lowest BCUT2D eigenvalue weighted by atomic mass is 10.2. The van der Waals surface area contributed by atoms with Gasteiger partial charge in [0, 0.05) is 38.6 Å². The largest absolute Gasteiger partial charge is 0.480 e. The van der Waals surface area contributed by atoms with Crippen LogP contribution in [-0.4, -0.2) is 51.2 Å². The molecule has 1 unspecified atom stereocenters. The molecule has 1 saturated heterocycles. The highest BCUT2D eigenvalue weighted by Crippen LogP contribution is 2.09. The maximum absolute atomic E-state index is 11.1. The van der Waals surface area contributed by atoms with Crippen molar-refractivity contribution in [1.29, 1.82) is 0 Å². The number of nitrogens with zero attached hydrogens (tertiary/aromatic N) is 3. The Labute approximate surface area is 100 Å². The van der Waals surface area contributed by atoms with Gasteiger partial charge in [-0.3, -0.25) is 9.69 Å². The number of nitrogens with one attached hydrogen (secondary N) is 1. The summed E-state index contributed by atoms with van der Waals surface area (Å²) in [6.45, 7) is 5.59. The van der Waals surface area contributed by atoms with E-state index in [1.54, 1.807) is 6.20 Å². The monoisotopic (exact) mass is 238 g/mol. The summed E-state index contributed by atoms with van der Waals surface area (Å²) in [5, 5.41) is 12.3. The fraction of sp³-hybridized carbons (Fsp3) is 0.636. The second-order valence-electron chi connectivity index (χ2n) is 4.16. The van der Waals surface area contributed by atoms with Gasteiger partial charge in [-0.05, 0) is 6.92 Å². The van der Waals surface area contributed by atoms with E-state index in [1.165, 1.54) is 0 Å². The Bertz CT molecular complexity index is 391. The van der Waals surface area contributed by atoms with E-state index in [1.807, 2.05) is 15.7 Å². The molecule has 6 nitrogen and oxygen atoms in total. The number of rotatable bonds is 4. The normalized spacial score (nSPS) is 21.6. The van der Waals surface area contributed by atoms with Crippen LogP contribution in [0.1, 0.15) is 12.7 Å². The molecule has 0 saturated carbocycles. The summed E-state index contributed by atoms with van der Waals surface area (Å²) < 4.78 is 2.04. The zero-order chi connectivity index (χ0) is 12.3. The first-order chi connectivity index (χ1) is 8.22. The third-order valence-electron chi connectivity index (χ3n) is 3.13. The summed E-state index contributed by atoms with van der Waals surface area (Å²) in [5.41, 5.74) is 0. The van der Waals surface area contributed by atoms with Crippen LogP contribution >= 0.6 is 0 Å². The molecule has 0 spiro atoms. The molecule has 0 aliphatic carbocycles. The topological polar surface area (TPSA) is 70.4 Å². The van der Waals surface area contributed by atoms with Gasteiger partial charge in [0.1, 0.15) is 11.9 Å². The first-order valence-corrected chi connectivity index (χ1v) is 5.90. The van der Waals surface area contributed by atoms with Crippen molar-refractivity contribution in [3.05, 3.63) is 18.2 Å². The number of aliphatic carboxylic acids is 1. The van der Waals surface area contributed by atoms with Crippen molar-refractivity contribution in [3.63, 3.8) is 0 Å². The Morgan fingerprint density at radius 3 is 3.24 bits per heavy atom. The summed E-state index contributed by atoms with van der Waals surface area (Å²) in [5.74, 6) is 0.160. The summed E-state index contributed by atoms with van der Waals surface area (Å²) in [4.78, 5) is 17.4. The van der Waals surface area contributed by atoms with Crippen LogP contribution in [0.2, 0.25) is 0 Å². The maximum atomic E-state index is 11.1. The first-order valence-electron chi connectivity index (χ1n) is 5.90. The third kappa shape index (κ3) is 2.65. The average Bonchev–Trinajstić information content (AvgIpc) is 2.77. The van der Waals surface area contributed by atoms with Crippen LogP contribution in [0.5, 0.6) is 0 Å². The molecular formula is C11H18N4O2. The SMILES string of the molecule is CCn1ccnc1CN1CCNCC1C(=O)O. The standard InChI is InChI=1S/C11H18N4O2/c1-2-14-6-4-13-10(14)8-15-5-3-12-7-9(15)11(16)17/h4,6,9,12H,2-3,5,7-8H2,1H3,(H,16,17). The molecule has 1 fully saturated rings. The minimum Gasteiger partial charge on any atom is -0.480 e. The van der Waals surface area contributed by atoms with Gasteiger partial charge in [-0.2, -0.15) is 0 Å². The third-order valence-corrected chi connectivity index (χ3v) is 3.13. The molecule has 0 amide bonds. The second kappa shape index (κ2) is 5.29. The minimum absolute atomic E-state index is 0.453. The molecule has 2 N–H and O–H groups in total. The molecule has 2 heterocycles. The molecule has 17 heavy (non-hydrogen) atoms. The van der Waals surface area contributed by atoms with Crippen LogP contribution in [0.4, 0.5) is 0 Å². The lowest BCUT2D eigenvalue weighted by molar-refractivity contribution is -0.144. The molecule has 1 aliphatic rings. The van der Waals surface area contributed by atoms with Gasteiger partial charge in [-0.25, -0.2) is 4.98 Å². The van der Waals surface area contributed by atoms with Crippen molar-refractivity contribution in [3.8, 4) is 0 Å². The van der Waals surface area contributed by atoms with Crippen molar-refractivity contribution in [2.75, 3.05) is 19.6 Å². The highest BCUT2D eigenvalue weighted by Gasteiger charge is 2.28. The molecule has 1 aromatic rings. The van der Waals surface area contributed by atoms with Crippen LogP contribution in [0.25, 0.3) is 0 Å². The summed E-state index contributed by atoms with van der Waals surface area (Å²) >= 11 is 0. The average molecular weight is 238 g/mol. The number of carbonyl (C=O) groups is 1. The Morgan fingerprint density at radius 2 is 2.53 bits per heavy atom. The number of hydrogen-bond acceptors (Lipinski definition) is 4. The van der Waals surface area contributed by atoms with Crippen molar-refractivity contribution >= 4 is 5.97 Å². The molecular weight excluding hydrogens is 220 g/mol. The van der Waals surface area contributed by atoms with Gasteiger partial charge in [-0.1, -0.05) is 0 Å². The summed E-state index contributed by atoms with van der Waals surface area (Å²) in [6, 6.07) is -0.453. The number of aromatic nitrogens is 2. The van der Waals surface area contributed by atoms with E-state index in [-0.39, 0.29) is 0 Å². The van der Waals surface area contributed by atoms with Gasteiger partial charge in [0.25, 0.3) is 0 Å². The minimum atomic E-state index is -0.771. The van der Waals surface area contributed by atoms with Crippen LogP contribution in [0.15, 0.2) is 12.4 Å². The summed E-state index contributed by atoms with van der Waals surface area (Å²) in [6.07, 6.45) is 3.68. The summed E-state index contributed by atoms with van der Waals surface area (Å²) in [7, 11) is 0. The predicted molar refractivity (Wildman–Crippen MR) is 62.6 cm³/mol. The van der Waals surface area contributed by atoms with Gasteiger partial charge in [-0.15, -0.1) is 0 Å². The van der Waals surface area contributed by atoms with Crippen LogP contribution in [0, 0.1) is 0 Å². The number of aryl methyl sites for hydroxylation is 1. The molecule has 1 atom stereocenters. The number of carboxylic acids is 1. The van der Waals surface area contributed by atoms with Crippen molar-refractivity contribution in [2.45, 2.75) is 26.1 Å². The van der Waals surface area contributed by atoms with E-state index in [0.717, 1.165) is 25.5 Å². The van der Waals surface area contributed by atoms with Gasteiger partial charge >= 0.3 is 5.97 Å². The number of carboxylic acid groups (broad SMARTS) is 1. The molecule has 0 aromatic carbocycles. The van der Waals surface area contributed by atoms with Crippen LogP contribution in [0.3, 0.4) is 0 Å². The van der Waals surface area contributed by atoms with Crippen LogP contribution < -0.4 is 5.32 Å². The fourth-order valence-corrected chi connectivity index (χ4v) is 2.14. The van der Waals surface area contributed by atoms with E-state index >= 15 is 0 Å². The van der Waals surface area contributed by atoms with E-state index in [0.29, 0.717) is 13.1 Å². The fourth-order valence-electron chi connectivity index (χ4n) is 2.14. The highest BCUT2D eigenvalue weighted by atomic mass is 16.4. The molecule has 0 radical (unpaired) electrons. The Morgan fingerprint density at radius 1 is 1.71 bits per heavy atom. The highest BCUT2D eigenvalue weighted by molar-refractivity contribution is 5.73. The van der Waals surface area contributed by atoms with E-state index in [4.69, 9.17) is 5.11 Å². The van der Waals surface area contributed by atoms with Crippen molar-refractivity contribution in [2.24, 2.45) is 0 Å². The van der Waals surface area contributed by atoms with E-state index < -0.39 is 12.0 Å². The van der Waals surface area contributed by atoms with E-state index in [9.17, 15) is 4.79 Å². The smallest absolute Gasteiger partial charge is 0.322 e. The second-order valence-corrected chi connectivity index (χ2v) is 4.16. The first kappa shape index (κ1) is 12.1. The molecule has 1 aromatic heterocycles. The predicted octanol–water partition coefficient (Wildman–Crippen LogP) is -0.239. The zero-order valence-electron chi connectivity index (χ0n) is 9.96. The molecule has 1 aliphatic heterocycles. The zero-order valence-corrected chi connectivity index (χ0v) is 9.96. The Kier molecular flexibility index (Phi) is 3.75. The number of piperazine rings is 1. The van der Waals surface area contributed by atoms with Gasteiger partial charge in [0.05, 0.1) is 6.54 Å². The van der Waals surface area contributed by atoms with Crippen LogP contribution in [-0.2, 0) is 17.9 Å². The molecule has 0 bridgehead atoms. The van der Waals surface area contributed by atoms with E-state index in [2.05, 4.69) is 17.2 Å². The Hall–Kier alpha value is -1.40. The van der Waals surface area contributed by atoms with Crippen molar-refractivity contribution in [1.82, 2.24) is 19.8 Å².